The number of carboxylic acids is 1. The highest BCUT2D eigenvalue weighted by Gasteiger charge is 2.32. The van der Waals surface area contributed by atoms with Crippen molar-refractivity contribution in [3.63, 3.8) is 0 Å². The molecule has 0 spiro atoms. The maximum absolute atomic E-state index is 11.0. The molecular weight excluding hydrogens is 226 g/mol. The van der Waals surface area contributed by atoms with Gasteiger partial charge in [-0.1, -0.05) is 32.9 Å². The summed E-state index contributed by atoms with van der Waals surface area (Å²) >= 11 is 0. The molecule has 0 aliphatic rings. The van der Waals surface area contributed by atoms with Gasteiger partial charge in [0.2, 0.25) is 0 Å². The minimum Gasteiger partial charge on any atom is -0.478 e. The number of aromatic carboxylic acids is 1. The number of benzene rings is 1. The number of nitrogens with zero attached hydrogens (tertiary/aromatic N) is 1. The molecule has 3 heteroatoms. The number of rotatable bonds is 3. The first kappa shape index (κ1) is 14.2. The van der Waals surface area contributed by atoms with Crippen molar-refractivity contribution in [2.24, 2.45) is 5.41 Å². The molecule has 3 nitrogen and oxygen atoms in total. The van der Waals surface area contributed by atoms with E-state index in [-0.39, 0.29) is 11.0 Å². The Bertz CT molecular complexity index is 494. The van der Waals surface area contributed by atoms with Crippen LogP contribution in [0.4, 0.5) is 0 Å². The Morgan fingerprint density at radius 2 is 1.94 bits per heavy atom. The van der Waals surface area contributed by atoms with E-state index in [2.05, 4.69) is 26.8 Å². The van der Waals surface area contributed by atoms with Crippen molar-refractivity contribution in [1.82, 2.24) is 0 Å². The highest BCUT2D eigenvalue weighted by atomic mass is 16.4. The van der Waals surface area contributed by atoms with Crippen molar-refractivity contribution >= 4 is 5.97 Å². The lowest BCUT2D eigenvalue weighted by Crippen LogP contribution is -2.26. The predicted molar refractivity (Wildman–Crippen MR) is 70.4 cm³/mol. The fraction of sp³-hybridized carbons (Fsp3) is 0.467. The summed E-state index contributed by atoms with van der Waals surface area (Å²) in [5.74, 6) is -0.965. The Morgan fingerprint density at radius 1 is 1.33 bits per heavy atom. The van der Waals surface area contributed by atoms with E-state index >= 15 is 0 Å². The van der Waals surface area contributed by atoms with Gasteiger partial charge in [-0.25, -0.2) is 4.79 Å². The molecule has 0 amide bonds. The molecule has 0 radical (unpaired) electrons. The third-order valence-corrected chi connectivity index (χ3v) is 2.88. The van der Waals surface area contributed by atoms with E-state index in [0.29, 0.717) is 6.42 Å². The molecule has 0 heterocycles. The predicted octanol–water partition coefficient (Wildman–Crippen LogP) is 3.60. The molecule has 0 aromatic heterocycles. The quantitative estimate of drug-likeness (QED) is 0.885. The summed E-state index contributed by atoms with van der Waals surface area (Å²) in [7, 11) is 0. The van der Waals surface area contributed by atoms with Crippen LogP contribution in [0.25, 0.3) is 0 Å². The van der Waals surface area contributed by atoms with E-state index in [4.69, 9.17) is 5.11 Å². The Kier molecular flexibility index (Phi) is 3.81. The first-order chi connectivity index (χ1) is 8.18. The standard InChI is InChI=1S/C15H19NO2/c1-14(2,3)9-15(4,10-16)12-7-5-6-11(8-12)13(17)18/h5-8H,9H2,1-4H3,(H,17,18). The van der Waals surface area contributed by atoms with Gasteiger partial charge in [-0.3, -0.25) is 0 Å². The normalized spacial score (nSPS) is 14.6. The molecule has 0 saturated heterocycles. The van der Waals surface area contributed by atoms with Crippen LogP contribution in [-0.4, -0.2) is 11.1 Å². The maximum atomic E-state index is 11.0. The SMILES string of the molecule is CC(C)(C)CC(C)(C#N)c1cccc(C(=O)O)c1. The Morgan fingerprint density at radius 3 is 2.39 bits per heavy atom. The zero-order valence-corrected chi connectivity index (χ0v) is 11.3. The molecule has 0 fully saturated rings. The van der Waals surface area contributed by atoms with Crippen molar-refractivity contribution in [3.05, 3.63) is 35.4 Å². The molecule has 0 bridgehead atoms. The number of carboxylic acid groups (broad SMARTS) is 1. The van der Waals surface area contributed by atoms with Crippen LogP contribution in [-0.2, 0) is 5.41 Å². The van der Waals surface area contributed by atoms with Crippen molar-refractivity contribution in [2.45, 2.75) is 39.5 Å². The number of hydrogen-bond acceptors (Lipinski definition) is 2. The van der Waals surface area contributed by atoms with E-state index in [1.807, 2.05) is 13.0 Å². The minimum atomic E-state index is -0.965. The highest BCUT2D eigenvalue weighted by Crippen LogP contribution is 2.36. The average Bonchev–Trinajstić information content (AvgIpc) is 2.27. The first-order valence-electron chi connectivity index (χ1n) is 5.93. The van der Waals surface area contributed by atoms with Gasteiger partial charge in [0.05, 0.1) is 17.0 Å². The van der Waals surface area contributed by atoms with Gasteiger partial charge in [-0.05, 0) is 36.5 Å². The molecule has 1 rings (SSSR count). The van der Waals surface area contributed by atoms with Gasteiger partial charge >= 0.3 is 5.97 Å². The van der Waals surface area contributed by atoms with Gasteiger partial charge in [0.15, 0.2) is 0 Å². The van der Waals surface area contributed by atoms with Crippen molar-refractivity contribution in [1.29, 1.82) is 5.26 Å². The molecule has 0 saturated carbocycles. The summed E-state index contributed by atoms with van der Waals surface area (Å²) in [5.41, 5.74) is 0.329. The van der Waals surface area contributed by atoms with E-state index in [9.17, 15) is 10.1 Å². The highest BCUT2D eigenvalue weighted by molar-refractivity contribution is 5.87. The lowest BCUT2D eigenvalue weighted by atomic mass is 9.72. The van der Waals surface area contributed by atoms with Crippen LogP contribution < -0.4 is 0 Å². The van der Waals surface area contributed by atoms with Crippen LogP contribution in [0.15, 0.2) is 24.3 Å². The van der Waals surface area contributed by atoms with Gasteiger partial charge in [-0.15, -0.1) is 0 Å². The van der Waals surface area contributed by atoms with Crippen LogP contribution in [0.2, 0.25) is 0 Å². The molecule has 0 aliphatic carbocycles. The summed E-state index contributed by atoms with van der Waals surface area (Å²) in [6.45, 7) is 8.08. The number of carbonyl (C=O) groups is 1. The van der Waals surface area contributed by atoms with Crippen LogP contribution >= 0.6 is 0 Å². The Labute approximate surface area is 108 Å². The summed E-state index contributed by atoms with van der Waals surface area (Å²) in [5, 5.41) is 18.4. The van der Waals surface area contributed by atoms with Gasteiger partial charge in [0.25, 0.3) is 0 Å². The summed E-state index contributed by atoms with van der Waals surface area (Å²) in [6, 6.07) is 8.97. The van der Waals surface area contributed by atoms with Crippen LogP contribution in [0.1, 0.15) is 50.0 Å². The maximum Gasteiger partial charge on any atom is 0.335 e. The second-order valence-electron chi connectivity index (χ2n) is 6.07. The zero-order valence-electron chi connectivity index (χ0n) is 11.3. The monoisotopic (exact) mass is 245 g/mol. The first-order valence-corrected chi connectivity index (χ1v) is 5.93. The lowest BCUT2D eigenvalue weighted by Gasteiger charge is -2.30. The molecule has 18 heavy (non-hydrogen) atoms. The Hall–Kier alpha value is -1.82. The lowest BCUT2D eigenvalue weighted by molar-refractivity contribution is 0.0696. The molecular formula is C15H19NO2. The van der Waals surface area contributed by atoms with Crippen LogP contribution in [0, 0.1) is 16.7 Å². The summed E-state index contributed by atoms with van der Waals surface area (Å²) < 4.78 is 0. The van der Waals surface area contributed by atoms with E-state index < -0.39 is 11.4 Å². The molecule has 1 N–H and O–H groups in total. The Balaban J connectivity index is 3.21. The zero-order chi connectivity index (χ0) is 14.0. The number of hydrogen-bond donors (Lipinski definition) is 1. The summed E-state index contributed by atoms with van der Waals surface area (Å²) in [6.07, 6.45) is 0.680. The summed E-state index contributed by atoms with van der Waals surface area (Å²) in [4.78, 5) is 11.0. The molecule has 96 valence electrons. The average molecular weight is 245 g/mol. The van der Waals surface area contributed by atoms with Gasteiger partial charge < -0.3 is 5.11 Å². The molecule has 1 aromatic carbocycles. The van der Waals surface area contributed by atoms with E-state index in [1.165, 1.54) is 0 Å². The topological polar surface area (TPSA) is 61.1 Å². The third kappa shape index (κ3) is 3.33. The van der Waals surface area contributed by atoms with Crippen LogP contribution in [0.5, 0.6) is 0 Å². The fourth-order valence-corrected chi connectivity index (χ4v) is 2.26. The number of nitriles is 1. The largest absolute Gasteiger partial charge is 0.478 e. The van der Waals surface area contributed by atoms with Crippen LogP contribution in [0.3, 0.4) is 0 Å². The fourth-order valence-electron chi connectivity index (χ4n) is 2.26. The minimum absolute atomic E-state index is 0.00368. The van der Waals surface area contributed by atoms with Gasteiger partial charge in [-0.2, -0.15) is 5.26 Å². The molecule has 1 unspecified atom stereocenters. The smallest absolute Gasteiger partial charge is 0.335 e. The van der Waals surface area contributed by atoms with E-state index in [1.54, 1.807) is 18.2 Å². The molecule has 1 aromatic rings. The van der Waals surface area contributed by atoms with Crippen molar-refractivity contribution < 1.29 is 9.90 Å². The second-order valence-corrected chi connectivity index (χ2v) is 6.07. The second kappa shape index (κ2) is 4.81. The van der Waals surface area contributed by atoms with E-state index in [0.717, 1.165) is 5.56 Å². The molecule has 0 aliphatic heterocycles. The van der Waals surface area contributed by atoms with Gasteiger partial charge in [0, 0.05) is 0 Å². The molecule has 1 atom stereocenters. The van der Waals surface area contributed by atoms with Gasteiger partial charge in [0.1, 0.15) is 0 Å². The van der Waals surface area contributed by atoms with Crippen molar-refractivity contribution in [2.75, 3.05) is 0 Å². The third-order valence-electron chi connectivity index (χ3n) is 2.88. The van der Waals surface area contributed by atoms with Crippen molar-refractivity contribution in [3.8, 4) is 6.07 Å².